The molecular weight excluding hydrogens is 280 g/mol. The zero-order valence-corrected chi connectivity index (χ0v) is 12.4. The topological polar surface area (TPSA) is 73.0 Å². The first kappa shape index (κ1) is 14.1. The minimum Gasteiger partial charge on any atom is -0.364 e. The number of hydrogen-bond acceptors (Lipinski definition) is 4. The number of rotatable bonds is 4. The van der Waals surface area contributed by atoms with Crippen LogP contribution in [-0.4, -0.2) is 20.8 Å². The van der Waals surface area contributed by atoms with Crippen molar-refractivity contribution >= 4 is 11.6 Å². The van der Waals surface area contributed by atoms with E-state index < -0.39 is 0 Å². The highest BCUT2D eigenvalue weighted by Gasteiger charge is 2.11. The second-order valence-corrected chi connectivity index (χ2v) is 5.22. The van der Waals surface area contributed by atoms with E-state index in [1.54, 1.807) is 23.1 Å². The van der Waals surface area contributed by atoms with E-state index in [0.29, 0.717) is 11.3 Å². The van der Waals surface area contributed by atoms with E-state index in [-0.39, 0.29) is 11.9 Å². The van der Waals surface area contributed by atoms with Gasteiger partial charge in [0, 0.05) is 29.6 Å². The summed E-state index contributed by atoms with van der Waals surface area (Å²) in [5.74, 6) is -0.191. The molecule has 6 heteroatoms. The van der Waals surface area contributed by atoms with Gasteiger partial charge < -0.3 is 9.84 Å². The Kier molecular flexibility index (Phi) is 3.74. The van der Waals surface area contributed by atoms with Gasteiger partial charge >= 0.3 is 0 Å². The smallest absolute Gasteiger partial charge is 0.258 e. The van der Waals surface area contributed by atoms with Crippen molar-refractivity contribution < 1.29 is 9.32 Å². The number of amides is 1. The molecule has 2 heterocycles. The lowest BCUT2D eigenvalue weighted by Gasteiger charge is -2.05. The van der Waals surface area contributed by atoms with Crippen LogP contribution in [0.4, 0.5) is 5.69 Å². The summed E-state index contributed by atoms with van der Waals surface area (Å²) >= 11 is 0. The minimum absolute atomic E-state index is 0.191. The van der Waals surface area contributed by atoms with Crippen molar-refractivity contribution in [1.82, 2.24) is 14.9 Å². The molecule has 0 unspecified atom stereocenters. The summed E-state index contributed by atoms with van der Waals surface area (Å²) < 4.78 is 6.59. The maximum absolute atomic E-state index is 12.2. The first-order valence-corrected chi connectivity index (χ1v) is 7.00. The average molecular weight is 296 g/mol. The van der Waals surface area contributed by atoms with Crippen molar-refractivity contribution in [3.05, 3.63) is 54.6 Å². The van der Waals surface area contributed by atoms with Crippen LogP contribution in [-0.2, 0) is 0 Å². The highest BCUT2D eigenvalue weighted by Crippen LogP contribution is 2.21. The molecule has 1 amide bonds. The molecule has 6 nitrogen and oxygen atoms in total. The normalized spacial score (nSPS) is 10.9. The van der Waals surface area contributed by atoms with Gasteiger partial charge in [0.15, 0.2) is 0 Å². The van der Waals surface area contributed by atoms with Crippen molar-refractivity contribution in [2.45, 2.75) is 19.9 Å². The van der Waals surface area contributed by atoms with Crippen molar-refractivity contribution in [1.29, 1.82) is 0 Å². The largest absolute Gasteiger partial charge is 0.364 e. The van der Waals surface area contributed by atoms with Gasteiger partial charge in [-0.2, -0.15) is 5.10 Å². The molecule has 0 spiro atoms. The summed E-state index contributed by atoms with van der Waals surface area (Å²) in [7, 11) is 0. The molecule has 0 bridgehead atoms. The Labute approximate surface area is 127 Å². The molecule has 3 aromatic rings. The van der Waals surface area contributed by atoms with E-state index in [1.807, 2.05) is 38.1 Å². The Morgan fingerprint density at radius 2 is 2.18 bits per heavy atom. The Hall–Kier alpha value is -2.89. The fourth-order valence-corrected chi connectivity index (χ4v) is 2.06. The van der Waals surface area contributed by atoms with Crippen LogP contribution in [0.2, 0.25) is 0 Å². The van der Waals surface area contributed by atoms with Crippen molar-refractivity contribution in [3.63, 3.8) is 0 Å². The van der Waals surface area contributed by atoms with Gasteiger partial charge in [0.2, 0.25) is 0 Å². The third-order valence-electron chi connectivity index (χ3n) is 3.25. The third kappa shape index (κ3) is 2.90. The van der Waals surface area contributed by atoms with Crippen LogP contribution in [0, 0.1) is 0 Å². The van der Waals surface area contributed by atoms with Crippen molar-refractivity contribution in [2.75, 3.05) is 5.32 Å². The number of carbonyl (C=O) groups excluding carboxylic acids is 1. The molecule has 0 atom stereocenters. The van der Waals surface area contributed by atoms with E-state index in [0.717, 1.165) is 11.3 Å². The number of anilines is 1. The monoisotopic (exact) mass is 296 g/mol. The highest BCUT2D eigenvalue weighted by molar-refractivity contribution is 6.04. The molecule has 112 valence electrons. The lowest BCUT2D eigenvalue weighted by molar-refractivity contribution is 0.102. The van der Waals surface area contributed by atoms with Crippen LogP contribution < -0.4 is 5.32 Å². The van der Waals surface area contributed by atoms with Gasteiger partial charge in [0.05, 0.1) is 11.8 Å². The summed E-state index contributed by atoms with van der Waals surface area (Å²) in [5.41, 5.74) is 2.83. The fraction of sp³-hybridized carbons (Fsp3) is 0.188. The lowest BCUT2D eigenvalue weighted by atomic mass is 10.1. The molecule has 22 heavy (non-hydrogen) atoms. The van der Waals surface area contributed by atoms with Gasteiger partial charge in [-0.25, -0.2) is 0 Å². The summed E-state index contributed by atoms with van der Waals surface area (Å²) in [6.07, 6.45) is 4.82. The van der Waals surface area contributed by atoms with E-state index in [1.165, 1.54) is 6.26 Å². The van der Waals surface area contributed by atoms with E-state index >= 15 is 0 Å². The van der Waals surface area contributed by atoms with Gasteiger partial charge in [-0.1, -0.05) is 17.3 Å². The van der Waals surface area contributed by atoms with Gasteiger partial charge in [0.1, 0.15) is 12.0 Å². The highest BCUT2D eigenvalue weighted by atomic mass is 16.5. The molecule has 1 N–H and O–H groups in total. The first-order valence-electron chi connectivity index (χ1n) is 7.00. The van der Waals surface area contributed by atoms with Crippen LogP contribution in [0.15, 0.2) is 53.5 Å². The van der Waals surface area contributed by atoms with Gasteiger partial charge in [-0.15, -0.1) is 0 Å². The van der Waals surface area contributed by atoms with Gasteiger partial charge in [0.25, 0.3) is 5.91 Å². The number of nitrogens with zero attached hydrogens (tertiary/aromatic N) is 3. The molecule has 1 aromatic carbocycles. The first-order chi connectivity index (χ1) is 10.6. The lowest BCUT2D eigenvalue weighted by Crippen LogP contribution is -2.11. The Bertz CT molecular complexity index is 775. The summed E-state index contributed by atoms with van der Waals surface area (Å²) in [6.45, 7) is 4.02. The predicted octanol–water partition coefficient (Wildman–Crippen LogP) is 3.37. The van der Waals surface area contributed by atoms with Crippen LogP contribution in [0.5, 0.6) is 0 Å². The molecule has 0 aliphatic heterocycles. The van der Waals surface area contributed by atoms with Crippen LogP contribution >= 0.6 is 0 Å². The second-order valence-electron chi connectivity index (χ2n) is 5.22. The van der Waals surface area contributed by atoms with Crippen LogP contribution in [0.3, 0.4) is 0 Å². The maximum atomic E-state index is 12.2. The molecule has 0 aliphatic rings. The third-order valence-corrected chi connectivity index (χ3v) is 3.25. The number of benzene rings is 1. The Balaban J connectivity index is 1.77. The molecule has 0 saturated carbocycles. The quantitative estimate of drug-likeness (QED) is 0.801. The van der Waals surface area contributed by atoms with E-state index in [2.05, 4.69) is 15.6 Å². The average Bonchev–Trinajstić information content (AvgIpc) is 3.19. The summed E-state index contributed by atoms with van der Waals surface area (Å²) in [4.78, 5) is 12.2. The minimum atomic E-state index is -0.191. The molecule has 0 fully saturated rings. The number of hydrogen-bond donors (Lipinski definition) is 1. The molecule has 0 radical (unpaired) electrons. The van der Waals surface area contributed by atoms with Crippen LogP contribution in [0.1, 0.15) is 30.2 Å². The zero-order valence-electron chi connectivity index (χ0n) is 12.4. The predicted molar refractivity (Wildman–Crippen MR) is 82.5 cm³/mol. The fourth-order valence-electron chi connectivity index (χ4n) is 2.06. The summed E-state index contributed by atoms with van der Waals surface area (Å²) in [6, 6.07) is 9.43. The Morgan fingerprint density at radius 3 is 2.86 bits per heavy atom. The standard InChI is InChI=1S/C16H16N4O2/c1-11(2)20-10-13(9-17-20)16(21)18-14-5-3-4-12(8-14)15-6-7-22-19-15/h3-11H,1-2H3,(H,18,21). The molecule has 3 rings (SSSR count). The number of carbonyl (C=O) groups is 1. The zero-order chi connectivity index (χ0) is 15.5. The van der Waals surface area contributed by atoms with Gasteiger partial charge in [-0.3, -0.25) is 9.48 Å². The van der Waals surface area contributed by atoms with Gasteiger partial charge in [-0.05, 0) is 26.0 Å². The SMILES string of the molecule is CC(C)n1cc(C(=O)Nc2cccc(-c3ccon3)c2)cn1. The molecule has 0 aliphatic carbocycles. The molecule has 0 saturated heterocycles. The number of nitrogens with one attached hydrogen (secondary N) is 1. The molecule has 2 aromatic heterocycles. The van der Waals surface area contributed by atoms with Crippen molar-refractivity contribution in [3.8, 4) is 11.3 Å². The maximum Gasteiger partial charge on any atom is 0.258 e. The second kappa shape index (κ2) is 5.85. The summed E-state index contributed by atoms with van der Waals surface area (Å²) in [5, 5.41) is 10.9. The van der Waals surface area contributed by atoms with Crippen LogP contribution in [0.25, 0.3) is 11.3 Å². The number of aromatic nitrogens is 3. The Morgan fingerprint density at radius 1 is 1.32 bits per heavy atom. The molecular formula is C16H16N4O2. The van der Waals surface area contributed by atoms with E-state index in [4.69, 9.17) is 4.52 Å². The van der Waals surface area contributed by atoms with E-state index in [9.17, 15) is 4.79 Å². The van der Waals surface area contributed by atoms with Crippen molar-refractivity contribution in [2.24, 2.45) is 0 Å².